The first-order valence-electron chi connectivity index (χ1n) is 10.8. The minimum atomic E-state index is -1.58. The Hall–Kier alpha value is -4.07. The van der Waals surface area contributed by atoms with Crippen LogP contribution in [0.2, 0.25) is 4.34 Å². The van der Waals surface area contributed by atoms with Gasteiger partial charge in [-0.2, -0.15) is 0 Å². The molecule has 11 nitrogen and oxygen atoms in total. The number of fused-ring (bicyclic) bond motifs is 1. The van der Waals surface area contributed by atoms with Gasteiger partial charge in [0.15, 0.2) is 6.17 Å². The fourth-order valence-corrected chi connectivity index (χ4v) is 5.13. The maximum atomic E-state index is 14.3. The predicted molar refractivity (Wildman–Crippen MR) is 135 cm³/mol. The van der Waals surface area contributed by atoms with Crippen molar-refractivity contribution >= 4 is 52.8 Å². The lowest BCUT2D eigenvalue weighted by Gasteiger charge is -2.22. The van der Waals surface area contributed by atoms with E-state index in [9.17, 15) is 23.6 Å². The van der Waals surface area contributed by atoms with Gasteiger partial charge in [-0.3, -0.25) is 19.9 Å². The summed E-state index contributed by atoms with van der Waals surface area (Å²) in [5.41, 5.74) is 1.59. The number of benzene rings is 1. The van der Waals surface area contributed by atoms with Gasteiger partial charge in [0.25, 0.3) is 11.5 Å². The minimum absolute atomic E-state index is 0.00657. The van der Waals surface area contributed by atoms with E-state index in [1.165, 1.54) is 48.7 Å². The third-order valence-corrected chi connectivity index (χ3v) is 7.09. The SMILES string of the molecule is CN=C1C=c2[nH]c(=O)n(-c3ccc(C(=O)NC(c4ccc(Cl)s4)C4NOC(=O)N4)cc3)c(=O)c2=CC1F. The van der Waals surface area contributed by atoms with Crippen molar-refractivity contribution in [3.8, 4) is 5.69 Å². The Morgan fingerprint density at radius 1 is 1.22 bits per heavy atom. The number of nitrogens with zero attached hydrogens (tertiary/aromatic N) is 2. The van der Waals surface area contributed by atoms with E-state index in [1.807, 2.05) is 0 Å². The summed E-state index contributed by atoms with van der Waals surface area (Å²) in [6, 6.07) is 8.38. The molecule has 2 aromatic heterocycles. The summed E-state index contributed by atoms with van der Waals surface area (Å²) in [6.45, 7) is 0. The molecule has 190 valence electrons. The second kappa shape index (κ2) is 9.76. The van der Waals surface area contributed by atoms with Crippen LogP contribution in [0.25, 0.3) is 17.8 Å². The number of hydroxylamine groups is 1. The normalized spacial score (nSPS) is 20.3. The molecule has 4 N–H and O–H groups in total. The Morgan fingerprint density at radius 2 is 1.97 bits per heavy atom. The Bertz CT molecular complexity index is 1680. The number of hydrogen-bond acceptors (Lipinski definition) is 8. The van der Waals surface area contributed by atoms with Gasteiger partial charge in [-0.05, 0) is 48.6 Å². The lowest BCUT2D eigenvalue weighted by atomic mass is 10.1. The molecule has 1 aromatic carbocycles. The zero-order chi connectivity index (χ0) is 26.3. The Balaban J connectivity index is 1.44. The molecule has 3 aromatic rings. The van der Waals surface area contributed by atoms with Gasteiger partial charge in [-0.15, -0.1) is 16.8 Å². The Labute approximate surface area is 215 Å². The van der Waals surface area contributed by atoms with Crippen molar-refractivity contribution < 1.29 is 18.8 Å². The number of carbonyl (C=O) groups excluding carboxylic acids is 2. The van der Waals surface area contributed by atoms with Crippen molar-refractivity contribution in [3.05, 3.63) is 82.6 Å². The van der Waals surface area contributed by atoms with Crippen LogP contribution in [-0.4, -0.2) is 46.6 Å². The first kappa shape index (κ1) is 24.6. The monoisotopic (exact) mass is 544 g/mol. The molecule has 1 aliphatic heterocycles. The Kier molecular flexibility index (Phi) is 6.50. The number of aromatic nitrogens is 2. The lowest BCUT2D eigenvalue weighted by molar-refractivity contribution is 0.0895. The highest BCUT2D eigenvalue weighted by atomic mass is 35.5. The zero-order valence-electron chi connectivity index (χ0n) is 19.0. The number of hydrogen-bond donors (Lipinski definition) is 4. The maximum absolute atomic E-state index is 14.3. The summed E-state index contributed by atoms with van der Waals surface area (Å²) in [6.07, 6.45) is -0.589. The second-order valence-corrected chi connectivity index (χ2v) is 9.78. The van der Waals surface area contributed by atoms with Crippen LogP contribution in [0.5, 0.6) is 0 Å². The van der Waals surface area contributed by atoms with E-state index in [-0.39, 0.29) is 27.5 Å². The third kappa shape index (κ3) is 4.71. The summed E-state index contributed by atoms with van der Waals surface area (Å²) in [5.74, 6) is -0.495. The van der Waals surface area contributed by atoms with E-state index < -0.39 is 41.6 Å². The van der Waals surface area contributed by atoms with E-state index >= 15 is 0 Å². The molecule has 37 heavy (non-hydrogen) atoms. The number of H-pyrrole nitrogens is 1. The molecular formula is C23H18ClFN6O5S. The van der Waals surface area contributed by atoms with Gasteiger partial charge < -0.3 is 15.1 Å². The highest BCUT2D eigenvalue weighted by molar-refractivity contribution is 7.16. The van der Waals surface area contributed by atoms with E-state index in [4.69, 9.17) is 16.4 Å². The summed E-state index contributed by atoms with van der Waals surface area (Å²) < 4.78 is 15.7. The van der Waals surface area contributed by atoms with Crippen LogP contribution in [-0.2, 0) is 4.84 Å². The van der Waals surface area contributed by atoms with E-state index in [1.54, 1.807) is 12.1 Å². The molecule has 5 rings (SSSR count). The molecule has 2 aliphatic rings. The lowest BCUT2D eigenvalue weighted by Crippen LogP contribution is -2.55. The van der Waals surface area contributed by atoms with Crippen molar-refractivity contribution in [2.24, 2.45) is 4.99 Å². The summed E-state index contributed by atoms with van der Waals surface area (Å²) in [5, 5.41) is 5.56. The third-order valence-electron chi connectivity index (χ3n) is 5.77. The van der Waals surface area contributed by atoms with Gasteiger partial charge in [-0.1, -0.05) is 11.6 Å². The minimum Gasteiger partial charge on any atom is -0.352 e. The molecule has 3 heterocycles. The van der Waals surface area contributed by atoms with E-state index in [0.717, 1.165) is 10.6 Å². The van der Waals surface area contributed by atoms with Crippen LogP contribution in [0.1, 0.15) is 21.3 Å². The number of thiophene rings is 1. The predicted octanol–water partition coefficient (Wildman–Crippen LogP) is 0.266. The maximum Gasteiger partial charge on any atom is 0.427 e. The standard InChI is InChI=1S/C23H18ClFN6O5S/c1-26-15-9-14-12(8-13(15)25)21(33)31(22(34)27-14)11-4-2-10(3-5-11)20(32)28-18(16-6-7-17(24)37-16)19-29-23(35)36-30-19/h2-9,13,18-19,30H,1H3,(H,27,34)(H,28,32)(H,29,35). The van der Waals surface area contributed by atoms with Crippen LogP contribution in [0.3, 0.4) is 0 Å². The van der Waals surface area contributed by atoms with Gasteiger partial charge in [0.05, 0.1) is 26.3 Å². The molecule has 0 saturated carbocycles. The molecule has 3 atom stereocenters. The van der Waals surface area contributed by atoms with Crippen molar-refractivity contribution in [3.63, 3.8) is 0 Å². The molecule has 1 saturated heterocycles. The van der Waals surface area contributed by atoms with Crippen LogP contribution in [0.4, 0.5) is 9.18 Å². The average molecular weight is 545 g/mol. The van der Waals surface area contributed by atoms with Crippen LogP contribution in [0.15, 0.2) is 51.0 Å². The molecule has 0 spiro atoms. The molecule has 2 amide bonds. The summed E-state index contributed by atoms with van der Waals surface area (Å²) in [4.78, 5) is 62.0. The van der Waals surface area contributed by atoms with Gasteiger partial charge in [-0.25, -0.2) is 18.5 Å². The average Bonchev–Trinajstić information content (AvgIpc) is 3.51. The number of amides is 2. The number of alkyl halides is 1. The summed E-state index contributed by atoms with van der Waals surface area (Å²) in [7, 11) is 1.42. The first-order chi connectivity index (χ1) is 17.7. The van der Waals surface area contributed by atoms with Crippen molar-refractivity contribution in [1.82, 2.24) is 25.7 Å². The van der Waals surface area contributed by atoms with E-state index in [2.05, 4.69) is 26.1 Å². The van der Waals surface area contributed by atoms with Gasteiger partial charge >= 0.3 is 11.8 Å². The second-order valence-electron chi connectivity index (χ2n) is 8.03. The fourth-order valence-electron chi connectivity index (χ4n) is 3.98. The molecule has 14 heteroatoms. The number of nitrogens with one attached hydrogen (secondary N) is 4. The number of aromatic amines is 1. The zero-order valence-corrected chi connectivity index (χ0v) is 20.5. The van der Waals surface area contributed by atoms with Crippen molar-refractivity contribution in [2.75, 3.05) is 7.05 Å². The summed E-state index contributed by atoms with van der Waals surface area (Å²) >= 11 is 7.27. The van der Waals surface area contributed by atoms with Crippen molar-refractivity contribution in [1.29, 1.82) is 0 Å². The molecule has 1 fully saturated rings. The van der Waals surface area contributed by atoms with Crippen LogP contribution < -0.4 is 37.9 Å². The highest BCUT2D eigenvalue weighted by Gasteiger charge is 2.33. The van der Waals surface area contributed by atoms with Gasteiger partial charge in [0, 0.05) is 17.5 Å². The number of halogens is 2. The molecule has 1 aliphatic carbocycles. The highest BCUT2D eigenvalue weighted by Crippen LogP contribution is 2.29. The van der Waals surface area contributed by atoms with Crippen LogP contribution in [0, 0.1) is 0 Å². The number of aliphatic imine (C=N–C) groups is 1. The van der Waals surface area contributed by atoms with E-state index in [0.29, 0.717) is 9.21 Å². The number of rotatable bonds is 5. The largest absolute Gasteiger partial charge is 0.427 e. The smallest absolute Gasteiger partial charge is 0.352 e. The quantitative estimate of drug-likeness (QED) is 0.362. The van der Waals surface area contributed by atoms with Crippen molar-refractivity contribution in [2.45, 2.75) is 18.4 Å². The van der Waals surface area contributed by atoms with Gasteiger partial charge in [0.2, 0.25) is 0 Å². The fraction of sp³-hybridized carbons (Fsp3) is 0.174. The molecular weight excluding hydrogens is 527 g/mol. The Morgan fingerprint density at radius 3 is 2.59 bits per heavy atom. The topological polar surface area (TPSA) is 147 Å². The number of carbonyl (C=O) groups is 2. The van der Waals surface area contributed by atoms with Gasteiger partial charge in [0.1, 0.15) is 12.2 Å². The molecule has 0 bridgehead atoms. The van der Waals surface area contributed by atoms with Crippen LogP contribution >= 0.6 is 22.9 Å². The molecule has 0 radical (unpaired) electrons. The molecule has 3 unspecified atom stereocenters. The first-order valence-corrected chi connectivity index (χ1v) is 12.0.